The van der Waals surface area contributed by atoms with Crippen LogP contribution >= 0.6 is 23.4 Å². The maximum absolute atomic E-state index is 15.1. The number of alkyl halides is 1. The number of thioether (sulfide) groups is 1. The van der Waals surface area contributed by atoms with E-state index in [4.69, 9.17) is 16.3 Å². The predicted octanol–water partition coefficient (Wildman–Crippen LogP) is 3.57. The SMILES string of the molecule is COc1ccc2nccc([C@H](O)CN3CCC(NCc4nc5c(cc4Cl)SCC(=O)N5)C(F)C3)c2c1. The maximum Gasteiger partial charge on any atom is 0.235 e. The van der Waals surface area contributed by atoms with E-state index in [1.807, 2.05) is 23.1 Å². The number of carbonyl (C=O) groups excluding carboxylic acids is 1. The van der Waals surface area contributed by atoms with Gasteiger partial charge < -0.3 is 20.5 Å². The van der Waals surface area contributed by atoms with Gasteiger partial charge in [-0.3, -0.25) is 14.7 Å². The van der Waals surface area contributed by atoms with Gasteiger partial charge in [0.05, 0.1) is 40.1 Å². The molecule has 2 aliphatic rings. The second kappa shape index (κ2) is 10.9. The summed E-state index contributed by atoms with van der Waals surface area (Å²) >= 11 is 7.78. The molecule has 1 saturated heterocycles. The summed E-state index contributed by atoms with van der Waals surface area (Å²) in [5.74, 6) is 1.43. The first-order chi connectivity index (χ1) is 17.4. The van der Waals surface area contributed by atoms with Crippen molar-refractivity contribution in [3.63, 3.8) is 0 Å². The molecule has 11 heteroatoms. The van der Waals surface area contributed by atoms with Crippen LogP contribution in [-0.2, 0) is 11.3 Å². The van der Waals surface area contributed by atoms with Crippen molar-refractivity contribution in [2.75, 3.05) is 37.8 Å². The largest absolute Gasteiger partial charge is 0.497 e. The molecule has 3 atom stereocenters. The van der Waals surface area contributed by atoms with E-state index in [1.54, 1.807) is 25.4 Å². The topological polar surface area (TPSA) is 99.6 Å². The van der Waals surface area contributed by atoms with E-state index in [0.717, 1.165) is 21.4 Å². The van der Waals surface area contributed by atoms with Crippen LogP contribution in [0.3, 0.4) is 0 Å². The summed E-state index contributed by atoms with van der Waals surface area (Å²) in [5.41, 5.74) is 2.09. The number of fused-ring (bicyclic) bond motifs is 2. The highest BCUT2D eigenvalue weighted by Crippen LogP contribution is 2.33. The number of nitrogens with zero attached hydrogens (tertiary/aromatic N) is 3. The van der Waals surface area contributed by atoms with Gasteiger partial charge in [-0.05, 0) is 48.9 Å². The third-order valence-corrected chi connectivity index (χ3v) is 7.92. The summed E-state index contributed by atoms with van der Waals surface area (Å²) in [6.07, 6.45) is 0.345. The van der Waals surface area contributed by atoms with E-state index < -0.39 is 12.3 Å². The van der Waals surface area contributed by atoms with Crippen LogP contribution in [0.15, 0.2) is 41.4 Å². The van der Waals surface area contributed by atoms with Crippen molar-refractivity contribution in [2.45, 2.75) is 36.2 Å². The molecule has 2 aromatic heterocycles. The Morgan fingerprint density at radius 1 is 1.39 bits per heavy atom. The summed E-state index contributed by atoms with van der Waals surface area (Å²) in [7, 11) is 1.60. The molecule has 0 radical (unpaired) electrons. The van der Waals surface area contributed by atoms with Crippen molar-refractivity contribution >= 4 is 46.0 Å². The number of benzene rings is 1. The summed E-state index contributed by atoms with van der Waals surface area (Å²) < 4.78 is 20.4. The molecule has 5 rings (SSSR count). The zero-order chi connectivity index (χ0) is 25.2. The van der Waals surface area contributed by atoms with Crippen molar-refractivity contribution in [1.29, 1.82) is 0 Å². The van der Waals surface area contributed by atoms with E-state index in [9.17, 15) is 9.90 Å². The van der Waals surface area contributed by atoms with Gasteiger partial charge >= 0.3 is 0 Å². The lowest BCUT2D eigenvalue weighted by Gasteiger charge is -2.36. The smallest absolute Gasteiger partial charge is 0.235 e. The molecule has 0 saturated carbocycles. The van der Waals surface area contributed by atoms with Crippen molar-refractivity contribution in [1.82, 2.24) is 20.2 Å². The van der Waals surface area contributed by atoms with Gasteiger partial charge in [-0.1, -0.05) is 11.6 Å². The lowest BCUT2D eigenvalue weighted by Crippen LogP contribution is -2.51. The fourth-order valence-electron chi connectivity index (χ4n) is 4.64. The standard InChI is InChI=1S/C25H27ClFN5O3S/c1-35-14-2-3-19-16(8-14)15(4-6-28-19)22(33)12-32-7-5-20(18(27)11-32)29-10-21-17(26)9-23-25(30-21)31-24(34)13-36-23/h2-4,6,8-9,18,20,22,29,33H,5,7,10-13H2,1H3,(H,30,31,34)/t18?,20?,22-/m1/s1. The van der Waals surface area contributed by atoms with Gasteiger partial charge in [-0.2, -0.15) is 0 Å². The molecule has 190 valence electrons. The third-order valence-electron chi connectivity index (χ3n) is 6.56. The van der Waals surface area contributed by atoms with Crippen LogP contribution in [0.4, 0.5) is 10.2 Å². The van der Waals surface area contributed by atoms with Crippen LogP contribution < -0.4 is 15.4 Å². The van der Waals surface area contributed by atoms with Crippen LogP contribution in [0, 0.1) is 0 Å². The Kier molecular flexibility index (Phi) is 7.59. The van der Waals surface area contributed by atoms with Gasteiger partial charge in [0.2, 0.25) is 5.91 Å². The number of nitrogens with one attached hydrogen (secondary N) is 2. The molecule has 2 unspecified atom stereocenters. The number of aliphatic hydroxyl groups is 1. The number of ether oxygens (including phenoxy) is 1. The normalized spacial score (nSPS) is 21.2. The van der Waals surface area contributed by atoms with E-state index in [-0.39, 0.29) is 18.5 Å². The minimum Gasteiger partial charge on any atom is -0.497 e. The molecule has 3 N–H and O–H groups in total. The first-order valence-electron chi connectivity index (χ1n) is 11.7. The van der Waals surface area contributed by atoms with Crippen molar-refractivity contribution in [3.05, 3.63) is 52.8 Å². The zero-order valence-corrected chi connectivity index (χ0v) is 21.3. The lowest BCUT2D eigenvalue weighted by atomic mass is 10.00. The highest BCUT2D eigenvalue weighted by molar-refractivity contribution is 8.00. The zero-order valence-electron chi connectivity index (χ0n) is 19.7. The van der Waals surface area contributed by atoms with Gasteiger partial charge in [-0.25, -0.2) is 9.37 Å². The van der Waals surface area contributed by atoms with Gasteiger partial charge in [0.15, 0.2) is 0 Å². The second-order valence-electron chi connectivity index (χ2n) is 8.95. The van der Waals surface area contributed by atoms with Crippen LogP contribution in [0.25, 0.3) is 10.9 Å². The number of piperidine rings is 1. The molecule has 3 aromatic rings. The number of rotatable bonds is 7. The highest BCUT2D eigenvalue weighted by atomic mass is 35.5. The minimum atomic E-state index is -1.12. The number of hydrogen-bond donors (Lipinski definition) is 3. The van der Waals surface area contributed by atoms with Crippen LogP contribution in [-0.4, -0.2) is 70.6 Å². The average molecular weight is 532 g/mol. The Balaban J connectivity index is 1.19. The predicted molar refractivity (Wildman–Crippen MR) is 138 cm³/mol. The van der Waals surface area contributed by atoms with Crippen LogP contribution in [0.1, 0.15) is 23.8 Å². The quantitative estimate of drug-likeness (QED) is 0.425. The molecule has 2 aliphatic heterocycles. The molecule has 0 bridgehead atoms. The van der Waals surface area contributed by atoms with Gasteiger partial charge in [0, 0.05) is 37.3 Å². The molecule has 1 aromatic carbocycles. The van der Waals surface area contributed by atoms with Crippen LogP contribution in [0.5, 0.6) is 5.75 Å². The molecule has 0 spiro atoms. The Morgan fingerprint density at radius 3 is 3.06 bits per heavy atom. The third kappa shape index (κ3) is 5.42. The van der Waals surface area contributed by atoms with Crippen molar-refractivity contribution < 1.29 is 19.0 Å². The second-order valence-corrected chi connectivity index (χ2v) is 10.4. The number of likely N-dealkylation sites (tertiary alicyclic amines) is 1. The fourth-order valence-corrected chi connectivity index (χ4v) is 5.72. The number of halogens is 2. The number of amides is 1. The summed E-state index contributed by atoms with van der Waals surface area (Å²) in [5, 5.41) is 18.3. The molecule has 8 nitrogen and oxygen atoms in total. The lowest BCUT2D eigenvalue weighted by molar-refractivity contribution is -0.113. The number of carbonyl (C=O) groups is 1. The molecule has 0 aliphatic carbocycles. The monoisotopic (exact) mass is 531 g/mol. The van der Waals surface area contributed by atoms with Gasteiger partial charge in [-0.15, -0.1) is 11.8 Å². The molecule has 36 heavy (non-hydrogen) atoms. The van der Waals surface area contributed by atoms with Crippen molar-refractivity contribution in [3.8, 4) is 5.75 Å². The Bertz CT molecular complexity index is 1280. The van der Waals surface area contributed by atoms with E-state index in [1.165, 1.54) is 11.8 Å². The molecule has 1 fully saturated rings. The maximum atomic E-state index is 15.1. The number of aliphatic hydroxyl groups excluding tert-OH is 1. The van der Waals surface area contributed by atoms with Gasteiger partial charge in [0.25, 0.3) is 0 Å². The fraction of sp³-hybridized carbons (Fsp3) is 0.400. The van der Waals surface area contributed by atoms with Gasteiger partial charge in [0.1, 0.15) is 17.7 Å². The number of β-amino-alcohol motifs (C(OH)–C–C–N with tert-alkyl or cyclic N) is 1. The van der Waals surface area contributed by atoms with E-state index in [0.29, 0.717) is 54.1 Å². The summed E-state index contributed by atoms with van der Waals surface area (Å²) in [6.45, 7) is 1.46. The molecule has 4 heterocycles. The number of pyridine rings is 2. The molecular formula is C25H27ClFN5O3S. The number of anilines is 1. The minimum absolute atomic E-state index is 0.0986. The number of aromatic nitrogens is 2. The number of methoxy groups -OCH3 is 1. The molecule has 1 amide bonds. The Morgan fingerprint density at radius 2 is 2.25 bits per heavy atom. The Hall–Kier alpha value is -2.50. The van der Waals surface area contributed by atoms with Crippen molar-refractivity contribution in [2.24, 2.45) is 0 Å². The van der Waals surface area contributed by atoms with Crippen LogP contribution in [0.2, 0.25) is 5.02 Å². The number of hydrogen-bond acceptors (Lipinski definition) is 8. The van der Waals surface area contributed by atoms with E-state index >= 15 is 4.39 Å². The molecular weight excluding hydrogens is 505 g/mol. The summed E-state index contributed by atoms with van der Waals surface area (Å²) in [4.78, 5) is 23.3. The first-order valence-corrected chi connectivity index (χ1v) is 13.1. The first kappa shape index (κ1) is 25.2. The summed E-state index contributed by atoms with van der Waals surface area (Å²) in [6, 6.07) is 8.78. The highest BCUT2D eigenvalue weighted by Gasteiger charge is 2.30. The Labute approximate surface area is 217 Å². The average Bonchev–Trinajstić information content (AvgIpc) is 2.87. The van der Waals surface area contributed by atoms with E-state index in [2.05, 4.69) is 20.6 Å².